The van der Waals surface area contributed by atoms with E-state index in [1.54, 1.807) is 0 Å². The Bertz CT molecular complexity index is 4680. The first-order chi connectivity index (χ1) is 38.0. The van der Waals surface area contributed by atoms with E-state index >= 15 is 0 Å². The summed E-state index contributed by atoms with van der Waals surface area (Å²) >= 11 is 0. The number of furan rings is 2. The van der Waals surface area contributed by atoms with Crippen LogP contribution in [-0.2, 0) is 16.2 Å². The predicted octanol–water partition coefficient (Wildman–Crippen LogP) is 20.9. The summed E-state index contributed by atoms with van der Waals surface area (Å²) in [7, 11) is 0. The van der Waals surface area contributed by atoms with E-state index < -0.39 is 0 Å². The van der Waals surface area contributed by atoms with Crippen LogP contribution in [0.3, 0.4) is 0 Å². The molecule has 2 aromatic heterocycles. The average Bonchev–Trinajstić information content (AvgIpc) is 4.21. The molecule has 0 bridgehead atoms. The first-order valence-electron chi connectivity index (χ1n) is 27.5. The topological polar surface area (TPSA) is 29.5 Å². The fourth-order valence-corrected chi connectivity index (χ4v) is 14.5. The molecule has 372 valence electrons. The van der Waals surface area contributed by atoms with Gasteiger partial charge in [0.2, 0.25) is 0 Å². The minimum Gasteiger partial charge on any atom is -0.455 e. The van der Waals surface area contributed by atoms with Gasteiger partial charge < -0.3 is 13.7 Å². The second-order valence-corrected chi connectivity index (χ2v) is 23.5. The largest absolute Gasteiger partial charge is 0.455 e. The maximum atomic E-state index is 7.03. The van der Waals surface area contributed by atoms with Crippen molar-refractivity contribution in [2.24, 2.45) is 0 Å². The van der Waals surface area contributed by atoms with Crippen molar-refractivity contribution < 1.29 is 8.83 Å². The molecule has 0 fully saturated rings. The van der Waals surface area contributed by atoms with Crippen LogP contribution in [0.4, 0.5) is 17.1 Å². The van der Waals surface area contributed by atoms with Gasteiger partial charge in [-0.05, 0) is 144 Å². The molecule has 0 spiro atoms. The molecule has 2 heterocycles. The van der Waals surface area contributed by atoms with Crippen molar-refractivity contribution in [3.63, 3.8) is 0 Å². The zero-order valence-electron chi connectivity index (χ0n) is 44.6. The van der Waals surface area contributed by atoms with Crippen LogP contribution in [0.5, 0.6) is 0 Å². The van der Waals surface area contributed by atoms with Crippen LogP contribution in [0.15, 0.2) is 233 Å². The highest BCUT2D eigenvalue weighted by molar-refractivity contribution is 6.22. The van der Waals surface area contributed by atoms with Crippen molar-refractivity contribution in [1.29, 1.82) is 0 Å². The Labute approximate surface area is 454 Å². The molecule has 11 aromatic carbocycles. The van der Waals surface area contributed by atoms with Gasteiger partial charge in [-0.25, -0.2) is 0 Å². The number of hydrogen-bond acceptors (Lipinski definition) is 3. The Morgan fingerprint density at radius 2 is 0.756 bits per heavy atom. The number of hydrogen-bond donors (Lipinski definition) is 0. The highest BCUT2D eigenvalue weighted by Crippen LogP contribution is 2.64. The maximum absolute atomic E-state index is 7.03. The second kappa shape index (κ2) is 15.9. The van der Waals surface area contributed by atoms with Crippen LogP contribution in [-0.4, -0.2) is 0 Å². The molecule has 0 amide bonds. The molecule has 3 aliphatic carbocycles. The van der Waals surface area contributed by atoms with Crippen molar-refractivity contribution in [3.05, 3.63) is 258 Å². The van der Waals surface area contributed by atoms with Crippen molar-refractivity contribution >= 4 is 60.9 Å². The highest BCUT2D eigenvalue weighted by Gasteiger charge is 2.49. The van der Waals surface area contributed by atoms with Crippen molar-refractivity contribution in [2.75, 3.05) is 4.90 Å². The van der Waals surface area contributed by atoms with Crippen LogP contribution in [0.1, 0.15) is 74.9 Å². The summed E-state index contributed by atoms with van der Waals surface area (Å²) in [6.07, 6.45) is 0. The van der Waals surface area contributed by atoms with Gasteiger partial charge in [0.1, 0.15) is 22.3 Å². The fraction of sp³-hybridized carbons (Fsp3) is 0.120. The van der Waals surface area contributed by atoms with E-state index in [2.05, 4.69) is 271 Å². The molecular formula is C75H55NO2. The molecule has 78 heavy (non-hydrogen) atoms. The zero-order chi connectivity index (χ0) is 52.4. The molecule has 0 saturated heterocycles. The van der Waals surface area contributed by atoms with Crippen molar-refractivity contribution in [3.8, 4) is 66.8 Å². The van der Waals surface area contributed by atoms with E-state index in [0.717, 1.165) is 61.3 Å². The number of para-hydroxylation sites is 2. The van der Waals surface area contributed by atoms with Crippen LogP contribution < -0.4 is 4.90 Å². The first kappa shape index (κ1) is 45.1. The van der Waals surface area contributed by atoms with E-state index in [1.807, 2.05) is 0 Å². The molecule has 16 rings (SSSR count). The Morgan fingerprint density at radius 3 is 1.42 bits per heavy atom. The highest BCUT2D eigenvalue weighted by atomic mass is 16.3. The van der Waals surface area contributed by atoms with E-state index in [1.165, 1.54) is 99.8 Å². The van der Waals surface area contributed by atoms with Gasteiger partial charge >= 0.3 is 0 Å². The van der Waals surface area contributed by atoms with Gasteiger partial charge in [-0.15, -0.1) is 0 Å². The first-order valence-corrected chi connectivity index (χ1v) is 27.5. The summed E-state index contributed by atoms with van der Waals surface area (Å²) in [4.78, 5) is 2.49. The fourth-order valence-electron chi connectivity index (χ4n) is 14.5. The van der Waals surface area contributed by atoms with Gasteiger partial charge in [0, 0.05) is 66.0 Å². The predicted molar refractivity (Wildman–Crippen MR) is 325 cm³/mol. The monoisotopic (exact) mass is 1000 g/mol. The third-order valence-electron chi connectivity index (χ3n) is 18.2. The van der Waals surface area contributed by atoms with Crippen molar-refractivity contribution in [2.45, 2.75) is 57.8 Å². The Morgan fingerprint density at radius 1 is 0.295 bits per heavy atom. The summed E-state index contributed by atoms with van der Waals surface area (Å²) in [5, 5.41) is 4.69. The molecule has 0 N–H and O–H groups in total. The van der Waals surface area contributed by atoms with Gasteiger partial charge in [-0.3, -0.25) is 0 Å². The lowest BCUT2D eigenvalue weighted by molar-refractivity contribution is 0.600. The Kier molecular flexibility index (Phi) is 9.21. The number of benzene rings is 11. The van der Waals surface area contributed by atoms with Gasteiger partial charge in [0.25, 0.3) is 0 Å². The summed E-state index contributed by atoms with van der Waals surface area (Å²) in [6.45, 7) is 14.6. The Balaban J connectivity index is 0.908. The van der Waals surface area contributed by atoms with Crippen molar-refractivity contribution in [1.82, 2.24) is 0 Å². The lowest BCUT2D eigenvalue weighted by atomic mass is 9.72. The van der Waals surface area contributed by atoms with Gasteiger partial charge in [-0.1, -0.05) is 211 Å². The SMILES string of the molecule is CC1(C)c2cc(N(c3ccc(-c4ccccc4)cc3)c3ccc4c(c3)C(C)(C)c3c5c(c6oc7ccccc7c6c3-4)-c3ccccc3C5(C)C)ccc2-c2c1cc(-c1ccccc1-c1ccccc1)c1oc3ccccc3c21. The van der Waals surface area contributed by atoms with Gasteiger partial charge in [0.15, 0.2) is 0 Å². The second-order valence-electron chi connectivity index (χ2n) is 23.5. The summed E-state index contributed by atoms with van der Waals surface area (Å²) < 4.78 is 14.0. The minimum atomic E-state index is -0.364. The molecule has 0 unspecified atom stereocenters. The minimum absolute atomic E-state index is 0.243. The quantitative estimate of drug-likeness (QED) is 0.166. The smallest absolute Gasteiger partial charge is 0.144 e. The molecular weight excluding hydrogens is 947 g/mol. The molecule has 0 aliphatic heterocycles. The van der Waals surface area contributed by atoms with Crippen LogP contribution in [0.25, 0.3) is 111 Å². The summed E-state index contributed by atoms with van der Waals surface area (Å²) in [5.74, 6) is 0. The molecule has 0 radical (unpaired) electrons. The molecule has 13 aromatic rings. The molecule has 3 aliphatic rings. The Hall–Kier alpha value is -9.18. The standard InChI is InChI=1S/C75H55NO2/c1-73(2)59-41-48(37-39-53(59)64-61(73)43-57(71-66(64)55-28-16-19-31-62(55)77-71)51-26-14-13-25-50(51)46-23-11-8-12-24-46)76(47-35-33-45(34-36-47)44-21-9-7-10-22-44)49-38-40-54-60(42-49)75(5,6)69-65(54)67-56-29-17-20-32-63(56)78-72(67)68-52-27-15-18-30-58(52)74(3,4)70(68)69/h7-43H,1-6H3. The zero-order valence-corrected chi connectivity index (χ0v) is 44.6. The molecule has 3 nitrogen and oxygen atoms in total. The van der Waals surface area contributed by atoms with Gasteiger partial charge in [0.05, 0.1) is 0 Å². The van der Waals surface area contributed by atoms with E-state index in [0.29, 0.717) is 0 Å². The molecule has 0 atom stereocenters. The van der Waals surface area contributed by atoms with Crippen LogP contribution >= 0.6 is 0 Å². The van der Waals surface area contributed by atoms with E-state index in [4.69, 9.17) is 8.83 Å². The number of fused-ring (bicyclic) bond motifs is 19. The maximum Gasteiger partial charge on any atom is 0.144 e. The summed E-state index contributed by atoms with van der Waals surface area (Å²) in [6, 6.07) is 82.5. The molecule has 0 saturated carbocycles. The lowest BCUT2D eigenvalue weighted by Gasteiger charge is -2.32. The third-order valence-corrected chi connectivity index (χ3v) is 18.2. The van der Waals surface area contributed by atoms with Crippen LogP contribution in [0, 0.1) is 0 Å². The lowest BCUT2D eigenvalue weighted by Crippen LogP contribution is -2.24. The average molecular weight is 1000 g/mol. The number of nitrogens with zero attached hydrogens (tertiary/aromatic N) is 1. The van der Waals surface area contributed by atoms with Gasteiger partial charge in [-0.2, -0.15) is 0 Å². The summed E-state index contributed by atoms with van der Waals surface area (Å²) in [5.41, 5.74) is 28.8. The number of anilines is 3. The molecule has 3 heteroatoms. The number of rotatable bonds is 6. The van der Waals surface area contributed by atoms with E-state index in [9.17, 15) is 0 Å². The normalized spacial score (nSPS) is 14.8. The van der Waals surface area contributed by atoms with E-state index in [-0.39, 0.29) is 16.2 Å². The van der Waals surface area contributed by atoms with Crippen LogP contribution in [0.2, 0.25) is 0 Å². The third kappa shape index (κ3) is 6.05.